The molecule has 1 atom stereocenters. The monoisotopic (exact) mass is 413 g/mol. The molecule has 2 aromatic heterocycles. The quantitative estimate of drug-likeness (QED) is 0.734. The zero-order valence-electron chi connectivity index (χ0n) is 17.0. The van der Waals surface area contributed by atoms with Crippen LogP contribution in [0.25, 0.3) is 11.4 Å². The maximum Gasteiger partial charge on any atom is 0.227 e. The molecule has 9 heteroatoms. The minimum Gasteiger partial charge on any atom is -0.379 e. The second-order valence-corrected chi connectivity index (χ2v) is 7.85. The van der Waals surface area contributed by atoms with Crippen LogP contribution < -0.4 is 5.32 Å². The third kappa shape index (κ3) is 5.21. The summed E-state index contributed by atoms with van der Waals surface area (Å²) in [5.74, 6) is 0.732. The molecule has 1 N–H and O–H groups in total. The van der Waals surface area contributed by atoms with Crippen LogP contribution in [0.1, 0.15) is 38.0 Å². The smallest absolute Gasteiger partial charge is 0.227 e. The van der Waals surface area contributed by atoms with Gasteiger partial charge >= 0.3 is 0 Å². The Morgan fingerprint density at radius 3 is 2.83 bits per heavy atom. The largest absolute Gasteiger partial charge is 0.379 e. The van der Waals surface area contributed by atoms with Crippen molar-refractivity contribution in [3.8, 4) is 11.4 Å². The van der Waals surface area contributed by atoms with Gasteiger partial charge in [-0.15, -0.1) is 0 Å². The molecule has 9 nitrogen and oxygen atoms in total. The highest BCUT2D eigenvalue weighted by Gasteiger charge is 2.29. The van der Waals surface area contributed by atoms with Gasteiger partial charge in [0.1, 0.15) is 0 Å². The van der Waals surface area contributed by atoms with Gasteiger partial charge in [-0.1, -0.05) is 5.16 Å². The highest BCUT2D eigenvalue weighted by atomic mass is 16.5. The van der Waals surface area contributed by atoms with Crippen LogP contribution in [0.2, 0.25) is 0 Å². The predicted molar refractivity (Wildman–Crippen MR) is 107 cm³/mol. The van der Waals surface area contributed by atoms with E-state index in [-0.39, 0.29) is 23.8 Å². The van der Waals surface area contributed by atoms with Crippen LogP contribution in [0.5, 0.6) is 0 Å². The van der Waals surface area contributed by atoms with Crippen molar-refractivity contribution in [1.82, 2.24) is 25.3 Å². The number of ether oxygens (including phenoxy) is 1. The maximum atomic E-state index is 12.7. The summed E-state index contributed by atoms with van der Waals surface area (Å²) >= 11 is 0. The second-order valence-electron chi connectivity index (χ2n) is 7.85. The number of nitrogens with one attached hydrogen (secondary N) is 1. The van der Waals surface area contributed by atoms with Crippen LogP contribution in [0.15, 0.2) is 29.0 Å². The van der Waals surface area contributed by atoms with Gasteiger partial charge in [-0.2, -0.15) is 4.98 Å². The lowest BCUT2D eigenvalue weighted by Gasteiger charge is -2.29. The second kappa shape index (κ2) is 9.80. The van der Waals surface area contributed by atoms with Crippen LogP contribution in [0, 0.1) is 5.92 Å². The SMILES string of the molecule is O=C(NC1CCC1)C1COCCN(C(=O)CCCc2nc(-c3ccncc3)no2)C1. The van der Waals surface area contributed by atoms with Crippen LogP contribution in [-0.4, -0.2) is 64.2 Å². The minimum atomic E-state index is -0.309. The third-order valence-corrected chi connectivity index (χ3v) is 5.63. The molecule has 3 heterocycles. The Bertz CT molecular complexity index is 852. The molecular formula is C21H27N5O4. The molecule has 1 unspecified atom stereocenters. The third-order valence-electron chi connectivity index (χ3n) is 5.63. The lowest BCUT2D eigenvalue weighted by Crippen LogP contribution is -2.47. The first kappa shape index (κ1) is 20.5. The lowest BCUT2D eigenvalue weighted by molar-refractivity contribution is -0.133. The van der Waals surface area contributed by atoms with Crippen molar-refractivity contribution in [2.45, 2.75) is 44.6 Å². The fourth-order valence-corrected chi connectivity index (χ4v) is 3.59. The molecule has 4 rings (SSSR count). The van der Waals surface area contributed by atoms with Gasteiger partial charge in [0.05, 0.1) is 19.1 Å². The van der Waals surface area contributed by atoms with Gasteiger partial charge in [0, 0.05) is 49.9 Å². The lowest BCUT2D eigenvalue weighted by atomic mass is 9.92. The number of hydrogen-bond acceptors (Lipinski definition) is 7. The Morgan fingerprint density at radius 2 is 2.07 bits per heavy atom. The number of aromatic nitrogens is 3. The number of amides is 2. The van der Waals surface area contributed by atoms with Crippen LogP contribution in [-0.2, 0) is 20.7 Å². The molecule has 2 amide bonds. The molecule has 1 saturated carbocycles. The van der Waals surface area contributed by atoms with E-state index in [0.717, 1.165) is 18.4 Å². The molecule has 1 saturated heterocycles. The van der Waals surface area contributed by atoms with Crippen molar-refractivity contribution in [2.75, 3.05) is 26.3 Å². The predicted octanol–water partition coefficient (Wildman–Crippen LogP) is 1.60. The van der Waals surface area contributed by atoms with Gasteiger partial charge in [0.15, 0.2) is 0 Å². The number of carbonyl (C=O) groups excluding carboxylic acids is 2. The molecule has 2 aliphatic rings. The van der Waals surface area contributed by atoms with E-state index in [1.807, 2.05) is 12.1 Å². The number of pyridine rings is 1. The molecule has 30 heavy (non-hydrogen) atoms. The Hall–Kier alpha value is -2.81. The Balaban J connectivity index is 1.25. The van der Waals surface area contributed by atoms with E-state index in [1.54, 1.807) is 17.3 Å². The molecule has 0 spiro atoms. The van der Waals surface area contributed by atoms with Gasteiger partial charge in [-0.05, 0) is 37.8 Å². The summed E-state index contributed by atoms with van der Waals surface area (Å²) in [7, 11) is 0. The van der Waals surface area contributed by atoms with E-state index in [1.165, 1.54) is 6.42 Å². The normalized spacial score (nSPS) is 19.7. The first-order chi connectivity index (χ1) is 14.7. The first-order valence-electron chi connectivity index (χ1n) is 10.6. The highest BCUT2D eigenvalue weighted by Crippen LogP contribution is 2.19. The summed E-state index contributed by atoms with van der Waals surface area (Å²) in [6, 6.07) is 3.92. The maximum absolute atomic E-state index is 12.7. The van der Waals surface area contributed by atoms with E-state index in [4.69, 9.17) is 9.26 Å². The number of aryl methyl sites for hydroxylation is 1. The van der Waals surface area contributed by atoms with Gasteiger partial charge in [0.2, 0.25) is 23.5 Å². The zero-order valence-corrected chi connectivity index (χ0v) is 17.0. The molecular weight excluding hydrogens is 386 g/mol. The standard InChI is InChI=1S/C21H27N5O4/c27-19(6-2-5-18-24-20(25-30-18)15-7-9-22-10-8-15)26-11-12-29-14-16(13-26)21(28)23-17-3-1-4-17/h7-10,16-17H,1-6,11-14H2,(H,23,28). The van der Waals surface area contributed by atoms with Crippen molar-refractivity contribution in [2.24, 2.45) is 5.92 Å². The summed E-state index contributed by atoms with van der Waals surface area (Å²) in [4.78, 5) is 35.3. The summed E-state index contributed by atoms with van der Waals surface area (Å²) < 4.78 is 10.9. The van der Waals surface area contributed by atoms with Crippen LogP contribution >= 0.6 is 0 Å². The fourth-order valence-electron chi connectivity index (χ4n) is 3.59. The Morgan fingerprint density at radius 1 is 1.23 bits per heavy atom. The van der Waals surface area contributed by atoms with Gasteiger partial charge < -0.3 is 19.5 Å². The molecule has 160 valence electrons. The molecule has 0 radical (unpaired) electrons. The number of nitrogens with zero attached hydrogens (tertiary/aromatic N) is 4. The van der Waals surface area contributed by atoms with Gasteiger partial charge in [-0.25, -0.2) is 0 Å². The van der Waals surface area contributed by atoms with E-state index in [0.29, 0.717) is 57.3 Å². The van der Waals surface area contributed by atoms with E-state index in [2.05, 4.69) is 20.4 Å². The van der Waals surface area contributed by atoms with Crippen molar-refractivity contribution in [3.05, 3.63) is 30.4 Å². The van der Waals surface area contributed by atoms with Crippen molar-refractivity contribution >= 4 is 11.8 Å². The number of rotatable bonds is 7. The molecule has 1 aliphatic carbocycles. The van der Waals surface area contributed by atoms with E-state index in [9.17, 15) is 9.59 Å². The van der Waals surface area contributed by atoms with E-state index >= 15 is 0 Å². The summed E-state index contributed by atoms with van der Waals surface area (Å²) in [6.07, 6.45) is 8.10. The first-order valence-corrected chi connectivity index (χ1v) is 10.6. The zero-order chi connectivity index (χ0) is 20.8. The number of carbonyl (C=O) groups is 2. The summed E-state index contributed by atoms with van der Waals surface area (Å²) in [6.45, 7) is 1.74. The summed E-state index contributed by atoms with van der Waals surface area (Å²) in [5.41, 5.74) is 0.840. The highest BCUT2D eigenvalue weighted by molar-refractivity contribution is 5.81. The minimum absolute atomic E-state index is 0.00565. The average Bonchev–Trinajstić information content (AvgIpc) is 3.06. The molecule has 0 aromatic carbocycles. The van der Waals surface area contributed by atoms with Gasteiger partial charge in [-0.3, -0.25) is 14.6 Å². The van der Waals surface area contributed by atoms with E-state index < -0.39 is 0 Å². The molecule has 0 bridgehead atoms. The Labute approximate surface area is 175 Å². The summed E-state index contributed by atoms with van der Waals surface area (Å²) in [5, 5.41) is 7.05. The van der Waals surface area contributed by atoms with Crippen LogP contribution in [0.3, 0.4) is 0 Å². The topological polar surface area (TPSA) is 110 Å². The molecule has 2 aromatic rings. The van der Waals surface area contributed by atoms with Gasteiger partial charge in [0.25, 0.3) is 0 Å². The van der Waals surface area contributed by atoms with Crippen molar-refractivity contribution < 1.29 is 18.8 Å². The number of hydrogen-bond donors (Lipinski definition) is 1. The average molecular weight is 413 g/mol. The Kier molecular flexibility index (Phi) is 6.68. The van der Waals surface area contributed by atoms with Crippen molar-refractivity contribution in [3.63, 3.8) is 0 Å². The van der Waals surface area contributed by atoms with Crippen molar-refractivity contribution in [1.29, 1.82) is 0 Å². The van der Waals surface area contributed by atoms with Crippen LogP contribution in [0.4, 0.5) is 0 Å². The fraction of sp³-hybridized carbons (Fsp3) is 0.571. The molecule has 1 aliphatic heterocycles. The molecule has 2 fully saturated rings.